The van der Waals surface area contributed by atoms with Gasteiger partial charge >= 0.3 is 5.97 Å². The fraction of sp³-hybridized carbons (Fsp3) is 0.192. The molecule has 176 valence electrons. The SMILES string of the molecule is C\C=C/C=C(Br)\C(=C/C)Cn1c(C)c(C(=O)C(N)=O)c2c(OCC(=O)O)c3ccccc3cc21. The van der Waals surface area contributed by atoms with Crippen molar-refractivity contribution in [3.8, 4) is 5.75 Å². The van der Waals surface area contributed by atoms with E-state index >= 15 is 0 Å². The molecule has 1 heterocycles. The minimum atomic E-state index is -1.16. The standard InChI is InChI=1S/C26H25BrN2O5/c1-4-6-11-19(27)16(5-2)13-29-15(3)22(24(32)26(28)33)23-20(29)12-17-9-7-8-10-18(17)25(23)34-14-21(30)31/h4-12H,13-14H2,1-3H3,(H2,28,33)(H,30,31)/b6-4-,16-5-,19-11+. The molecule has 0 radical (unpaired) electrons. The number of aliphatic carboxylic acids is 1. The maximum absolute atomic E-state index is 12.9. The van der Waals surface area contributed by atoms with Crippen molar-refractivity contribution in [2.45, 2.75) is 27.3 Å². The average molecular weight is 525 g/mol. The van der Waals surface area contributed by atoms with Crippen LogP contribution in [-0.4, -0.2) is 33.9 Å². The lowest BCUT2D eigenvalue weighted by molar-refractivity contribution is -0.139. The Kier molecular flexibility index (Phi) is 7.73. The largest absolute Gasteiger partial charge is 0.481 e. The summed E-state index contributed by atoms with van der Waals surface area (Å²) >= 11 is 3.60. The van der Waals surface area contributed by atoms with E-state index in [4.69, 9.17) is 10.5 Å². The van der Waals surface area contributed by atoms with Crippen molar-refractivity contribution in [1.29, 1.82) is 0 Å². The predicted octanol–water partition coefficient (Wildman–Crippen LogP) is 5.04. The van der Waals surface area contributed by atoms with Gasteiger partial charge < -0.3 is 20.1 Å². The van der Waals surface area contributed by atoms with Crippen LogP contribution >= 0.6 is 15.9 Å². The fourth-order valence-corrected chi connectivity index (χ4v) is 4.41. The van der Waals surface area contributed by atoms with E-state index in [0.29, 0.717) is 28.5 Å². The minimum absolute atomic E-state index is 0.109. The lowest BCUT2D eigenvalue weighted by Crippen LogP contribution is -2.24. The highest BCUT2D eigenvalue weighted by Gasteiger charge is 2.28. The first-order chi connectivity index (χ1) is 16.2. The number of rotatable bonds is 9. The summed E-state index contributed by atoms with van der Waals surface area (Å²) in [5, 5.41) is 11.0. The first kappa shape index (κ1) is 25.0. The molecule has 34 heavy (non-hydrogen) atoms. The Hall–Kier alpha value is -3.65. The highest BCUT2D eigenvalue weighted by Crippen LogP contribution is 2.40. The van der Waals surface area contributed by atoms with Gasteiger partial charge in [0.1, 0.15) is 5.75 Å². The highest BCUT2D eigenvalue weighted by atomic mass is 79.9. The number of primary amides is 1. The Bertz CT molecular complexity index is 1400. The molecule has 0 atom stereocenters. The summed E-state index contributed by atoms with van der Waals surface area (Å²) in [5.74, 6) is -2.89. The monoisotopic (exact) mass is 524 g/mol. The molecule has 3 aromatic rings. The number of halogens is 1. The van der Waals surface area contributed by atoms with E-state index in [1.807, 2.05) is 60.9 Å². The summed E-state index contributed by atoms with van der Waals surface area (Å²) in [6, 6.07) is 9.22. The summed E-state index contributed by atoms with van der Waals surface area (Å²) in [6.07, 6.45) is 7.69. The number of Topliss-reactive ketones (excluding diaryl/α,β-unsaturated/α-hetero) is 1. The molecule has 2 aromatic carbocycles. The Morgan fingerprint density at radius 3 is 2.53 bits per heavy atom. The molecule has 0 fully saturated rings. The first-order valence-corrected chi connectivity index (χ1v) is 11.4. The van der Waals surface area contributed by atoms with Crippen molar-refractivity contribution in [3.63, 3.8) is 0 Å². The molecule has 3 N–H and O–H groups in total. The van der Waals surface area contributed by atoms with Crippen molar-refractivity contribution in [3.05, 3.63) is 75.9 Å². The van der Waals surface area contributed by atoms with Gasteiger partial charge in [0.25, 0.3) is 11.7 Å². The third-order valence-corrected chi connectivity index (χ3v) is 6.27. The average Bonchev–Trinajstić information content (AvgIpc) is 3.08. The van der Waals surface area contributed by atoms with E-state index in [2.05, 4.69) is 15.9 Å². The molecular formula is C26H25BrN2O5. The summed E-state index contributed by atoms with van der Waals surface area (Å²) < 4.78 is 8.47. The summed E-state index contributed by atoms with van der Waals surface area (Å²) in [5.41, 5.74) is 7.59. The van der Waals surface area contributed by atoms with Gasteiger partial charge in [-0.05, 0) is 43.9 Å². The van der Waals surface area contributed by atoms with Crippen LogP contribution in [0, 0.1) is 6.92 Å². The van der Waals surface area contributed by atoms with Crippen LogP contribution in [0.25, 0.3) is 21.7 Å². The third-order valence-electron chi connectivity index (χ3n) is 5.50. The number of amides is 1. The number of hydrogen-bond acceptors (Lipinski definition) is 4. The van der Waals surface area contributed by atoms with Crippen LogP contribution < -0.4 is 10.5 Å². The molecule has 1 amide bonds. The number of fused-ring (bicyclic) bond motifs is 2. The number of carbonyl (C=O) groups excluding carboxylic acids is 2. The quantitative estimate of drug-likeness (QED) is 0.231. The molecule has 8 heteroatoms. The third kappa shape index (κ3) is 4.82. The Morgan fingerprint density at radius 2 is 1.91 bits per heavy atom. The Labute approximate surface area is 205 Å². The number of nitrogens with two attached hydrogens (primary N) is 1. The van der Waals surface area contributed by atoms with E-state index < -0.39 is 24.3 Å². The molecule has 0 saturated carbocycles. The maximum atomic E-state index is 12.9. The van der Waals surface area contributed by atoms with Gasteiger partial charge in [-0.15, -0.1) is 0 Å². The number of ketones is 1. The number of aromatic nitrogens is 1. The van der Waals surface area contributed by atoms with Crippen LogP contribution in [0.2, 0.25) is 0 Å². The fourth-order valence-electron chi connectivity index (χ4n) is 3.90. The number of carboxylic acid groups (broad SMARTS) is 1. The number of nitrogens with zero attached hydrogens (tertiary/aromatic N) is 1. The molecule has 0 bridgehead atoms. The zero-order valence-electron chi connectivity index (χ0n) is 19.1. The summed E-state index contributed by atoms with van der Waals surface area (Å²) in [7, 11) is 0. The number of carbonyl (C=O) groups is 3. The Morgan fingerprint density at radius 1 is 1.21 bits per heavy atom. The van der Waals surface area contributed by atoms with Gasteiger partial charge in [0.2, 0.25) is 0 Å². The van der Waals surface area contributed by atoms with Gasteiger partial charge in [0.05, 0.1) is 16.5 Å². The second-order valence-corrected chi connectivity index (χ2v) is 8.45. The van der Waals surface area contributed by atoms with Gasteiger partial charge in [0.15, 0.2) is 6.61 Å². The zero-order chi connectivity index (χ0) is 25.0. The molecule has 1 aromatic heterocycles. The molecule has 0 saturated heterocycles. The summed E-state index contributed by atoms with van der Waals surface area (Å²) in [6.45, 7) is 5.35. The lowest BCUT2D eigenvalue weighted by Gasteiger charge is -2.14. The van der Waals surface area contributed by atoms with E-state index in [9.17, 15) is 19.5 Å². The van der Waals surface area contributed by atoms with E-state index in [0.717, 1.165) is 15.4 Å². The number of hydrogen-bond donors (Lipinski definition) is 2. The van der Waals surface area contributed by atoms with Gasteiger partial charge in [-0.2, -0.15) is 0 Å². The number of carboxylic acids is 1. The van der Waals surface area contributed by atoms with E-state index in [1.54, 1.807) is 19.1 Å². The lowest BCUT2D eigenvalue weighted by atomic mass is 10.0. The molecule has 7 nitrogen and oxygen atoms in total. The van der Waals surface area contributed by atoms with E-state index in [-0.39, 0.29) is 11.3 Å². The molecule has 0 spiro atoms. The zero-order valence-corrected chi connectivity index (χ0v) is 20.7. The molecular weight excluding hydrogens is 500 g/mol. The number of allylic oxidation sites excluding steroid dienone is 6. The van der Waals surface area contributed by atoms with Crippen LogP contribution in [0.4, 0.5) is 0 Å². The molecule has 0 aliphatic rings. The molecule has 0 aliphatic carbocycles. The second kappa shape index (κ2) is 10.5. The van der Waals surface area contributed by atoms with Crippen LogP contribution in [0.15, 0.2) is 64.7 Å². The number of ether oxygens (including phenoxy) is 1. The Balaban J connectivity index is 2.40. The van der Waals surface area contributed by atoms with E-state index in [1.165, 1.54) is 0 Å². The predicted molar refractivity (Wildman–Crippen MR) is 136 cm³/mol. The topological polar surface area (TPSA) is 112 Å². The first-order valence-electron chi connectivity index (χ1n) is 10.6. The second-order valence-electron chi connectivity index (χ2n) is 7.60. The molecule has 0 unspecified atom stereocenters. The van der Waals surface area contributed by atoms with Crippen molar-refractivity contribution >= 4 is 55.3 Å². The molecule has 0 aliphatic heterocycles. The molecule has 3 rings (SSSR count). The maximum Gasteiger partial charge on any atom is 0.341 e. The van der Waals surface area contributed by atoms with Gasteiger partial charge in [-0.1, -0.05) is 58.4 Å². The normalized spacial score (nSPS) is 12.6. The van der Waals surface area contributed by atoms with Crippen LogP contribution in [0.5, 0.6) is 5.75 Å². The minimum Gasteiger partial charge on any atom is -0.481 e. The smallest absolute Gasteiger partial charge is 0.341 e. The van der Waals surface area contributed by atoms with Gasteiger partial charge in [-0.25, -0.2) is 4.79 Å². The van der Waals surface area contributed by atoms with Crippen molar-refractivity contribution in [1.82, 2.24) is 4.57 Å². The van der Waals surface area contributed by atoms with Crippen molar-refractivity contribution in [2.75, 3.05) is 6.61 Å². The summed E-state index contributed by atoms with van der Waals surface area (Å²) in [4.78, 5) is 36.2. The van der Waals surface area contributed by atoms with Crippen molar-refractivity contribution < 1.29 is 24.2 Å². The highest BCUT2D eigenvalue weighted by molar-refractivity contribution is 9.12. The van der Waals surface area contributed by atoms with Crippen LogP contribution in [0.3, 0.4) is 0 Å². The number of benzene rings is 2. The van der Waals surface area contributed by atoms with Crippen LogP contribution in [-0.2, 0) is 16.1 Å². The van der Waals surface area contributed by atoms with Crippen molar-refractivity contribution in [2.24, 2.45) is 5.73 Å². The van der Waals surface area contributed by atoms with Gasteiger partial charge in [0, 0.05) is 22.1 Å². The van der Waals surface area contributed by atoms with Crippen LogP contribution in [0.1, 0.15) is 29.9 Å². The van der Waals surface area contributed by atoms with Gasteiger partial charge in [-0.3, -0.25) is 9.59 Å².